The number of aryl methyl sites for hydroxylation is 1. The van der Waals surface area contributed by atoms with Gasteiger partial charge in [0.15, 0.2) is 5.65 Å². The highest BCUT2D eigenvalue weighted by Gasteiger charge is 2.19. The Balaban J connectivity index is 2.05. The van der Waals surface area contributed by atoms with Crippen molar-refractivity contribution in [3.8, 4) is 28.3 Å². The number of fused-ring (bicyclic) bond motifs is 1. The van der Waals surface area contributed by atoms with Crippen LogP contribution in [0.15, 0.2) is 48.9 Å². The van der Waals surface area contributed by atoms with Gasteiger partial charge in [-0.25, -0.2) is 9.37 Å². The molecule has 5 nitrogen and oxygen atoms in total. The standard InChI is InChI=1S/C18H12FN5/c1-24-10-15(13-6-7-21-18-14(13)9-22-23-18)17(16(24)8-20)11-2-4-12(19)5-3-11/h2-7,9-10H,1H3,(H,21,22,23). The largest absolute Gasteiger partial charge is 0.341 e. The number of H-pyrrole nitrogens is 1. The first-order valence-corrected chi connectivity index (χ1v) is 7.33. The van der Waals surface area contributed by atoms with Crippen LogP contribution < -0.4 is 0 Å². The molecule has 0 aliphatic heterocycles. The van der Waals surface area contributed by atoms with Crippen LogP contribution in [-0.4, -0.2) is 19.7 Å². The summed E-state index contributed by atoms with van der Waals surface area (Å²) in [5.74, 6) is -0.309. The van der Waals surface area contributed by atoms with E-state index in [1.165, 1.54) is 12.1 Å². The van der Waals surface area contributed by atoms with Crippen LogP contribution in [0.25, 0.3) is 33.3 Å². The Bertz CT molecular complexity index is 1080. The van der Waals surface area contributed by atoms with Crippen molar-refractivity contribution >= 4 is 11.0 Å². The van der Waals surface area contributed by atoms with Gasteiger partial charge in [-0.05, 0) is 29.3 Å². The number of aromatic nitrogens is 4. The zero-order valence-corrected chi connectivity index (χ0v) is 12.8. The molecule has 116 valence electrons. The van der Waals surface area contributed by atoms with E-state index in [0.29, 0.717) is 11.3 Å². The van der Waals surface area contributed by atoms with Crippen molar-refractivity contribution in [1.29, 1.82) is 5.26 Å². The summed E-state index contributed by atoms with van der Waals surface area (Å²) in [6.07, 6.45) is 5.31. The number of pyridine rings is 1. The topological polar surface area (TPSA) is 70.3 Å². The number of halogens is 1. The van der Waals surface area contributed by atoms with E-state index < -0.39 is 0 Å². The van der Waals surface area contributed by atoms with E-state index in [-0.39, 0.29) is 5.82 Å². The maximum absolute atomic E-state index is 13.3. The molecule has 0 amide bonds. The van der Waals surface area contributed by atoms with Crippen molar-refractivity contribution in [2.45, 2.75) is 0 Å². The summed E-state index contributed by atoms with van der Waals surface area (Å²) in [4.78, 5) is 4.25. The van der Waals surface area contributed by atoms with E-state index in [9.17, 15) is 9.65 Å². The number of nitrogens with one attached hydrogen (secondary N) is 1. The first-order chi connectivity index (χ1) is 11.7. The Labute approximate surface area is 137 Å². The Hall–Kier alpha value is -3.46. The van der Waals surface area contributed by atoms with Crippen LogP contribution in [0.3, 0.4) is 0 Å². The molecular formula is C18H12FN5. The van der Waals surface area contributed by atoms with E-state index in [4.69, 9.17) is 0 Å². The summed E-state index contributed by atoms with van der Waals surface area (Å²) in [7, 11) is 1.82. The molecule has 3 aromatic heterocycles. The van der Waals surface area contributed by atoms with Crippen molar-refractivity contribution in [3.63, 3.8) is 0 Å². The fourth-order valence-electron chi connectivity index (χ4n) is 2.96. The Morgan fingerprint density at radius 2 is 1.96 bits per heavy atom. The predicted octanol–water partition coefficient (Wildman–Crippen LogP) is 3.64. The molecule has 0 fully saturated rings. The van der Waals surface area contributed by atoms with E-state index in [1.807, 2.05) is 19.3 Å². The van der Waals surface area contributed by atoms with Crippen LogP contribution in [0.1, 0.15) is 5.69 Å². The molecule has 0 atom stereocenters. The number of hydrogen-bond acceptors (Lipinski definition) is 3. The number of rotatable bonds is 2. The van der Waals surface area contributed by atoms with Crippen molar-refractivity contribution < 1.29 is 4.39 Å². The van der Waals surface area contributed by atoms with E-state index in [2.05, 4.69) is 21.3 Å². The van der Waals surface area contributed by atoms with E-state index in [1.54, 1.807) is 29.1 Å². The third-order valence-electron chi connectivity index (χ3n) is 4.06. The second kappa shape index (κ2) is 5.32. The lowest BCUT2D eigenvalue weighted by Crippen LogP contribution is -1.90. The van der Waals surface area contributed by atoms with Gasteiger partial charge in [-0.1, -0.05) is 12.1 Å². The van der Waals surface area contributed by atoms with Crippen LogP contribution >= 0.6 is 0 Å². The number of nitrogens with zero attached hydrogens (tertiary/aromatic N) is 4. The van der Waals surface area contributed by atoms with Gasteiger partial charge in [0.2, 0.25) is 0 Å². The minimum Gasteiger partial charge on any atom is -0.341 e. The lowest BCUT2D eigenvalue weighted by atomic mass is 9.96. The molecule has 0 unspecified atom stereocenters. The number of benzene rings is 1. The summed E-state index contributed by atoms with van der Waals surface area (Å²) in [6, 6.07) is 10.3. The molecule has 1 aromatic carbocycles. The van der Waals surface area contributed by atoms with Crippen molar-refractivity contribution in [1.82, 2.24) is 19.7 Å². The highest BCUT2D eigenvalue weighted by atomic mass is 19.1. The molecule has 4 rings (SSSR count). The summed E-state index contributed by atoms with van der Waals surface area (Å²) >= 11 is 0. The van der Waals surface area contributed by atoms with Gasteiger partial charge in [-0.2, -0.15) is 10.4 Å². The number of aromatic amines is 1. The predicted molar refractivity (Wildman–Crippen MR) is 88.4 cm³/mol. The highest BCUT2D eigenvalue weighted by molar-refractivity contribution is 5.98. The van der Waals surface area contributed by atoms with Crippen LogP contribution in [0.4, 0.5) is 4.39 Å². The maximum atomic E-state index is 13.3. The normalized spacial score (nSPS) is 10.9. The van der Waals surface area contributed by atoms with Gasteiger partial charge >= 0.3 is 0 Å². The van der Waals surface area contributed by atoms with Crippen LogP contribution in [0.2, 0.25) is 0 Å². The van der Waals surface area contributed by atoms with Crippen molar-refractivity contribution in [2.75, 3.05) is 0 Å². The molecule has 4 aromatic rings. The van der Waals surface area contributed by atoms with Crippen LogP contribution in [-0.2, 0) is 7.05 Å². The molecule has 0 saturated heterocycles. The molecule has 6 heteroatoms. The Kier molecular flexibility index (Phi) is 3.14. The second-order valence-electron chi connectivity index (χ2n) is 5.49. The molecule has 0 saturated carbocycles. The fraction of sp³-hybridized carbons (Fsp3) is 0.0556. The lowest BCUT2D eigenvalue weighted by Gasteiger charge is -2.06. The zero-order chi connectivity index (χ0) is 16.7. The summed E-state index contributed by atoms with van der Waals surface area (Å²) in [5.41, 5.74) is 4.57. The molecule has 0 bridgehead atoms. The van der Waals surface area contributed by atoms with E-state index >= 15 is 0 Å². The van der Waals surface area contributed by atoms with Gasteiger partial charge in [0.05, 0.1) is 6.20 Å². The molecular weight excluding hydrogens is 305 g/mol. The molecule has 24 heavy (non-hydrogen) atoms. The third kappa shape index (κ3) is 2.07. The molecule has 0 aliphatic carbocycles. The molecule has 0 radical (unpaired) electrons. The first-order valence-electron chi connectivity index (χ1n) is 7.33. The number of nitriles is 1. The summed E-state index contributed by atoms with van der Waals surface area (Å²) in [6.45, 7) is 0. The minimum absolute atomic E-state index is 0.309. The molecule has 0 aliphatic rings. The highest BCUT2D eigenvalue weighted by Crippen LogP contribution is 2.38. The van der Waals surface area contributed by atoms with Gasteiger partial charge in [0, 0.05) is 36.0 Å². The van der Waals surface area contributed by atoms with Crippen molar-refractivity contribution in [3.05, 3.63) is 60.4 Å². The third-order valence-corrected chi connectivity index (χ3v) is 4.06. The zero-order valence-electron chi connectivity index (χ0n) is 12.8. The SMILES string of the molecule is Cn1cc(-c2ccnc3[nH]ncc23)c(-c2ccc(F)cc2)c1C#N. The average Bonchev–Trinajstić information content (AvgIpc) is 3.19. The van der Waals surface area contributed by atoms with E-state index in [0.717, 1.165) is 27.6 Å². The van der Waals surface area contributed by atoms with Gasteiger partial charge in [-0.3, -0.25) is 5.10 Å². The maximum Gasteiger partial charge on any atom is 0.155 e. The average molecular weight is 317 g/mol. The van der Waals surface area contributed by atoms with Crippen molar-refractivity contribution in [2.24, 2.45) is 7.05 Å². The first kappa shape index (κ1) is 14.2. The number of hydrogen-bond donors (Lipinski definition) is 1. The van der Waals surface area contributed by atoms with Gasteiger partial charge < -0.3 is 4.57 Å². The summed E-state index contributed by atoms with van der Waals surface area (Å²) in [5, 5.41) is 17.3. The Morgan fingerprint density at radius 1 is 1.17 bits per heavy atom. The van der Waals surface area contributed by atoms with Crippen LogP contribution in [0, 0.1) is 17.1 Å². The monoisotopic (exact) mass is 317 g/mol. The van der Waals surface area contributed by atoms with Gasteiger partial charge in [0.1, 0.15) is 17.6 Å². The Morgan fingerprint density at radius 3 is 2.71 bits per heavy atom. The van der Waals surface area contributed by atoms with Crippen LogP contribution in [0.5, 0.6) is 0 Å². The van der Waals surface area contributed by atoms with Gasteiger partial charge in [0.25, 0.3) is 0 Å². The fourth-order valence-corrected chi connectivity index (χ4v) is 2.96. The smallest absolute Gasteiger partial charge is 0.155 e. The minimum atomic E-state index is -0.309. The lowest BCUT2D eigenvalue weighted by molar-refractivity contribution is 0.628. The molecule has 0 spiro atoms. The molecule has 3 heterocycles. The molecule has 1 N–H and O–H groups in total. The van der Waals surface area contributed by atoms with Gasteiger partial charge in [-0.15, -0.1) is 0 Å². The second-order valence-corrected chi connectivity index (χ2v) is 5.49. The quantitative estimate of drug-likeness (QED) is 0.613. The summed E-state index contributed by atoms with van der Waals surface area (Å²) < 4.78 is 15.1.